The third-order valence-corrected chi connectivity index (χ3v) is 5.08. The Morgan fingerprint density at radius 2 is 1.57 bits per heavy atom. The second-order valence-electron chi connectivity index (χ2n) is 6.23. The van der Waals surface area contributed by atoms with Crippen LogP contribution in [0.2, 0.25) is 0 Å². The Labute approximate surface area is 129 Å². The Balaban J connectivity index is 2.79. The van der Waals surface area contributed by atoms with Crippen LogP contribution in [0.15, 0.2) is 35.2 Å². The molecule has 120 valence electrons. The SMILES string of the molecule is CCC[NH+](CCC)CC(C)(C)NS(=O)(=O)c1ccccc1. The molecule has 0 aliphatic carbocycles. The molecule has 2 N–H and O–H groups in total. The molecule has 0 fully saturated rings. The number of sulfonamides is 1. The van der Waals surface area contributed by atoms with E-state index < -0.39 is 15.6 Å². The summed E-state index contributed by atoms with van der Waals surface area (Å²) in [6, 6.07) is 8.56. The highest BCUT2D eigenvalue weighted by Gasteiger charge is 2.30. The molecule has 0 heterocycles. The Morgan fingerprint density at radius 3 is 2.05 bits per heavy atom. The van der Waals surface area contributed by atoms with Crippen molar-refractivity contribution in [2.75, 3.05) is 19.6 Å². The van der Waals surface area contributed by atoms with Crippen LogP contribution in [0.25, 0.3) is 0 Å². The van der Waals surface area contributed by atoms with Gasteiger partial charge in [-0.2, -0.15) is 4.72 Å². The third kappa shape index (κ3) is 6.16. The van der Waals surface area contributed by atoms with Crippen LogP contribution in [0.5, 0.6) is 0 Å². The highest BCUT2D eigenvalue weighted by Crippen LogP contribution is 2.11. The summed E-state index contributed by atoms with van der Waals surface area (Å²) >= 11 is 0. The van der Waals surface area contributed by atoms with E-state index in [1.807, 2.05) is 19.9 Å². The van der Waals surface area contributed by atoms with Crippen molar-refractivity contribution < 1.29 is 13.3 Å². The van der Waals surface area contributed by atoms with Crippen molar-refractivity contribution in [3.63, 3.8) is 0 Å². The molecule has 0 spiro atoms. The van der Waals surface area contributed by atoms with Crippen LogP contribution in [0.1, 0.15) is 40.5 Å². The first-order valence-electron chi connectivity index (χ1n) is 7.73. The van der Waals surface area contributed by atoms with Crippen molar-refractivity contribution >= 4 is 10.0 Å². The van der Waals surface area contributed by atoms with Crippen LogP contribution in [-0.2, 0) is 10.0 Å². The van der Waals surface area contributed by atoms with Gasteiger partial charge in [-0.1, -0.05) is 32.0 Å². The highest BCUT2D eigenvalue weighted by molar-refractivity contribution is 7.89. The summed E-state index contributed by atoms with van der Waals surface area (Å²) in [6.07, 6.45) is 2.22. The van der Waals surface area contributed by atoms with Gasteiger partial charge in [0.25, 0.3) is 0 Å². The van der Waals surface area contributed by atoms with Crippen molar-refractivity contribution in [3.8, 4) is 0 Å². The summed E-state index contributed by atoms with van der Waals surface area (Å²) < 4.78 is 27.7. The van der Waals surface area contributed by atoms with Crippen LogP contribution < -0.4 is 9.62 Å². The maximum absolute atomic E-state index is 12.4. The van der Waals surface area contributed by atoms with E-state index in [-0.39, 0.29) is 0 Å². The van der Waals surface area contributed by atoms with Gasteiger partial charge in [-0.05, 0) is 38.8 Å². The van der Waals surface area contributed by atoms with Crippen molar-refractivity contribution in [2.45, 2.75) is 51.0 Å². The first-order chi connectivity index (χ1) is 9.80. The first-order valence-corrected chi connectivity index (χ1v) is 9.21. The fraction of sp³-hybridized carbons (Fsp3) is 0.625. The second-order valence-corrected chi connectivity index (χ2v) is 7.91. The van der Waals surface area contributed by atoms with E-state index in [1.165, 1.54) is 4.90 Å². The van der Waals surface area contributed by atoms with Crippen LogP contribution in [0, 0.1) is 0 Å². The smallest absolute Gasteiger partial charge is 0.241 e. The number of hydrogen-bond donors (Lipinski definition) is 2. The lowest BCUT2D eigenvalue weighted by Crippen LogP contribution is -3.14. The molecule has 0 radical (unpaired) electrons. The van der Waals surface area contributed by atoms with Crippen LogP contribution >= 0.6 is 0 Å². The molecule has 0 bridgehead atoms. The number of nitrogens with one attached hydrogen (secondary N) is 2. The van der Waals surface area contributed by atoms with Gasteiger partial charge in [-0.3, -0.25) is 0 Å². The van der Waals surface area contributed by atoms with Gasteiger partial charge >= 0.3 is 0 Å². The van der Waals surface area contributed by atoms with E-state index in [9.17, 15) is 8.42 Å². The molecule has 0 saturated carbocycles. The van der Waals surface area contributed by atoms with Crippen molar-refractivity contribution in [2.24, 2.45) is 0 Å². The van der Waals surface area contributed by atoms with Gasteiger partial charge in [-0.15, -0.1) is 0 Å². The molecule has 0 aromatic heterocycles. The minimum Gasteiger partial charge on any atom is -0.333 e. The van der Waals surface area contributed by atoms with E-state index in [0.717, 1.165) is 32.5 Å². The molecule has 0 unspecified atom stereocenters. The molecule has 0 atom stereocenters. The van der Waals surface area contributed by atoms with Crippen LogP contribution in [-0.4, -0.2) is 33.6 Å². The fourth-order valence-electron chi connectivity index (χ4n) is 2.69. The number of hydrogen-bond acceptors (Lipinski definition) is 2. The first kappa shape index (κ1) is 18.1. The summed E-state index contributed by atoms with van der Waals surface area (Å²) in [4.78, 5) is 1.77. The lowest BCUT2D eigenvalue weighted by Gasteiger charge is -2.30. The topological polar surface area (TPSA) is 50.6 Å². The van der Waals surface area contributed by atoms with Crippen LogP contribution in [0.3, 0.4) is 0 Å². The standard InChI is InChI=1S/C16H28N2O2S/c1-5-12-18(13-6-2)14-16(3,4)17-21(19,20)15-10-8-7-9-11-15/h7-11,17H,5-6,12-14H2,1-4H3/p+1. The molecule has 0 aliphatic rings. The van der Waals surface area contributed by atoms with E-state index in [2.05, 4.69) is 18.6 Å². The molecule has 1 rings (SSSR count). The summed E-state index contributed by atoms with van der Waals surface area (Å²) in [5, 5.41) is 0. The van der Waals surface area contributed by atoms with Gasteiger partial charge in [0, 0.05) is 0 Å². The van der Waals surface area contributed by atoms with Crippen molar-refractivity contribution in [1.29, 1.82) is 0 Å². The molecular weight excluding hydrogens is 284 g/mol. The molecule has 21 heavy (non-hydrogen) atoms. The molecule has 1 aromatic carbocycles. The van der Waals surface area contributed by atoms with Gasteiger partial charge in [0.1, 0.15) is 0 Å². The van der Waals surface area contributed by atoms with E-state index in [0.29, 0.717) is 4.90 Å². The zero-order valence-electron chi connectivity index (χ0n) is 13.6. The zero-order valence-corrected chi connectivity index (χ0v) is 14.5. The van der Waals surface area contributed by atoms with E-state index in [4.69, 9.17) is 0 Å². The van der Waals surface area contributed by atoms with Gasteiger partial charge < -0.3 is 4.90 Å². The molecule has 4 nitrogen and oxygen atoms in total. The van der Waals surface area contributed by atoms with Crippen molar-refractivity contribution in [1.82, 2.24) is 4.72 Å². The second kappa shape index (κ2) is 7.92. The van der Waals surface area contributed by atoms with E-state index >= 15 is 0 Å². The predicted molar refractivity (Wildman–Crippen MR) is 87.0 cm³/mol. The molecule has 0 saturated heterocycles. The van der Waals surface area contributed by atoms with E-state index in [1.54, 1.807) is 24.3 Å². The predicted octanol–water partition coefficient (Wildman–Crippen LogP) is 1.45. The Morgan fingerprint density at radius 1 is 1.05 bits per heavy atom. The zero-order chi connectivity index (χ0) is 15.9. The molecule has 0 amide bonds. The molecule has 5 heteroatoms. The molecule has 0 aliphatic heterocycles. The number of benzene rings is 1. The Kier molecular flexibility index (Phi) is 6.84. The average molecular weight is 313 g/mol. The largest absolute Gasteiger partial charge is 0.333 e. The monoisotopic (exact) mass is 313 g/mol. The highest BCUT2D eigenvalue weighted by atomic mass is 32.2. The number of rotatable bonds is 9. The quantitative estimate of drug-likeness (QED) is 0.725. The Bertz CT molecular complexity index is 506. The Hall–Kier alpha value is -0.910. The van der Waals surface area contributed by atoms with Gasteiger partial charge in [-0.25, -0.2) is 8.42 Å². The summed E-state index contributed by atoms with van der Waals surface area (Å²) in [6.45, 7) is 11.2. The van der Waals surface area contributed by atoms with Crippen molar-refractivity contribution in [3.05, 3.63) is 30.3 Å². The maximum atomic E-state index is 12.4. The summed E-state index contributed by atoms with van der Waals surface area (Å²) in [7, 11) is -3.46. The van der Waals surface area contributed by atoms with Crippen LogP contribution in [0.4, 0.5) is 0 Å². The molecular formula is C16H29N2O2S+. The van der Waals surface area contributed by atoms with Gasteiger partial charge in [0.2, 0.25) is 10.0 Å². The lowest BCUT2D eigenvalue weighted by molar-refractivity contribution is -0.903. The van der Waals surface area contributed by atoms with Gasteiger partial charge in [0.05, 0.1) is 30.1 Å². The van der Waals surface area contributed by atoms with Gasteiger partial charge in [0.15, 0.2) is 0 Å². The summed E-state index contributed by atoms with van der Waals surface area (Å²) in [5.41, 5.74) is -0.464. The minimum absolute atomic E-state index is 0.325. The fourth-order valence-corrected chi connectivity index (χ4v) is 4.13. The normalized spacial score (nSPS) is 12.8. The lowest BCUT2D eigenvalue weighted by atomic mass is 10.1. The maximum Gasteiger partial charge on any atom is 0.241 e. The summed E-state index contributed by atoms with van der Waals surface area (Å²) in [5.74, 6) is 0. The number of quaternary nitrogens is 1. The minimum atomic E-state index is -3.46. The average Bonchev–Trinajstić information content (AvgIpc) is 2.38. The molecule has 1 aromatic rings. The third-order valence-electron chi connectivity index (χ3n) is 3.36.